The highest BCUT2D eigenvalue weighted by atomic mass is 16.1. The average molecular weight is 360 g/mol. The summed E-state index contributed by atoms with van der Waals surface area (Å²) in [5, 5.41) is 6.16. The summed E-state index contributed by atoms with van der Waals surface area (Å²) in [5.74, 6) is 0.359. The van der Waals surface area contributed by atoms with Crippen molar-refractivity contribution in [2.24, 2.45) is 0 Å². The summed E-state index contributed by atoms with van der Waals surface area (Å²) in [6, 6.07) is 20.1. The molecule has 0 fully saturated rings. The fourth-order valence-corrected chi connectivity index (χ4v) is 2.78. The van der Waals surface area contributed by atoms with E-state index in [-0.39, 0.29) is 11.9 Å². The number of carbonyl (C=O) groups is 1. The monoisotopic (exact) mass is 360 g/mol. The summed E-state index contributed by atoms with van der Waals surface area (Å²) in [6.07, 6.45) is 5.11. The van der Waals surface area contributed by atoms with E-state index in [2.05, 4.69) is 32.7 Å². The minimum Gasteiger partial charge on any atom is -0.354 e. The van der Waals surface area contributed by atoms with E-state index in [1.807, 2.05) is 55.5 Å². The zero-order valence-corrected chi connectivity index (χ0v) is 15.4. The van der Waals surface area contributed by atoms with E-state index >= 15 is 0 Å². The lowest BCUT2D eigenvalue weighted by Crippen LogP contribution is -2.27. The molecule has 3 aromatic rings. The fraction of sp³-hybridized carbons (Fsp3) is 0.227. The number of benzene rings is 2. The van der Waals surface area contributed by atoms with E-state index in [9.17, 15) is 4.79 Å². The number of aryl methyl sites for hydroxylation is 1. The van der Waals surface area contributed by atoms with Gasteiger partial charge in [0.1, 0.15) is 0 Å². The van der Waals surface area contributed by atoms with Crippen molar-refractivity contribution in [3.63, 3.8) is 0 Å². The molecule has 138 valence electrons. The van der Waals surface area contributed by atoms with Crippen LogP contribution < -0.4 is 10.6 Å². The van der Waals surface area contributed by atoms with E-state index in [0.717, 1.165) is 24.9 Å². The van der Waals surface area contributed by atoms with Crippen molar-refractivity contribution in [2.45, 2.75) is 25.8 Å². The Morgan fingerprint density at radius 1 is 0.963 bits per heavy atom. The molecular weight excluding hydrogens is 336 g/mol. The number of nitrogens with zero attached hydrogens (tertiary/aromatic N) is 2. The van der Waals surface area contributed by atoms with Gasteiger partial charge in [-0.3, -0.25) is 4.79 Å². The topological polar surface area (TPSA) is 66.9 Å². The van der Waals surface area contributed by atoms with Crippen LogP contribution in [0.3, 0.4) is 0 Å². The molecule has 27 heavy (non-hydrogen) atoms. The smallest absolute Gasteiger partial charge is 0.254 e. The van der Waals surface area contributed by atoms with Gasteiger partial charge in [0.2, 0.25) is 5.95 Å². The Bertz CT molecular complexity index is 835. The predicted molar refractivity (Wildman–Crippen MR) is 108 cm³/mol. The van der Waals surface area contributed by atoms with Crippen LogP contribution in [0.2, 0.25) is 0 Å². The summed E-state index contributed by atoms with van der Waals surface area (Å²) >= 11 is 0. The highest BCUT2D eigenvalue weighted by molar-refractivity contribution is 5.93. The molecule has 1 aromatic heterocycles. The Morgan fingerprint density at radius 3 is 2.26 bits per heavy atom. The lowest BCUT2D eigenvalue weighted by molar-refractivity contribution is 0.0939. The van der Waals surface area contributed by atoms with Crippen molar-refractivity contribution in [3.8, 4) is 0 Å². The first-order chi connectivity index (χ1) is 13.2. The molecule has 0 spiro atoms. The largest absolute Gasteiger partial charge is 0.354 e. The van der Waals surface area contributed by atoms with Crippen molar-refractivity contribution in [1.29, 1.82) is 0 Å². The van der Waals surface area contributed by atoms with Gasteiger partial charge in [-0.25, -0.2) is 9.97 Å². The van der Waals surface area contributed by atoms with E-state index in [0.29, 0.717) is 11.5 Å². The molecule has 0 aliphatic heterocycles. The van der Waals surface area contributed by atoms with Crippen molar-refractivity contribution in [2.75, 3.05) is 11.9 Å². The Morgan fingerprint density at radius 2 is 1.59 bits per heavy atom. The SMILES string of the molecule is CC(NC(=O)c1cnc(NCCCc2ccccc2)nc1)c1ccccc1. The molecule has 1 amide bonds. The highest BCUT2D eigenvalue weighted by Crippen LogP contribution is 2.12. The number of hydrogen-bond donors (Lipinski definition) is 2. The van der Waals surface area contributed by atoms with E-state index in [1.165, 1.54) is 5.56 Å². The first kappa shape index (κ1) is 18.6. The third-order valence-corrected chi connectivity index (χ3v) is 4.33. The summed E-state index contributed by atoms with van der Waals surface area (Å²) in [7, 11) is 0. The third kappa shape index (κ3) is 5.64. The van der Waals surface area contributed by atoms with Crippen LogP contribution in [0.5, 0.6) is 0 Å². The third-order valence-electron chi connectivity index (χ3n) is 4.33. The molecule has 0 aliphatic rings. The number of aromatic nitrogens is 2. The van der Waals surface area contributed by atoms with Gasteiger partial charge in [0.25, 0.3) is 5.91 Å². The molecule has 5 heteroatoms. The Hall–Kier alpha value is -3.21. The van der Waals surface area contributed by atoms with Crippen LogP contribution >= 0.6 is 0 Å². The van der Waals surface area contributed by atoms with Gasteiger partial charge in [-0.2, -0.15) is 0 Å². The van der Waals surface area contributed by atoms with Gasteiger partial charge in [0, 0.05) is 18.9 Å². The van der Waals surface area contributed by atoms with Crippen molar-refractivity contribution in [3.05, 3.63) is 89.7 Å². The second-order valence-electron chi connectivity index (χ2n) is 6.42. The normalized spacial score (nSPS) is 11.6. The van der Waals surface area contributed by atoms with E-state index < -0.39 is 0 Å². The van der Waals surface area contributed by atoms with Crippen molar-refractivity contribution in [1.82, 2.24) is 15.3 Å². The molecule has 0 radical (unpaired) electrons. The molecule has 1 heterocycles. The van der Waals surface area contributed by atoms with Crippen LogP contribution in [-0.4, -0.2) is 22.4 Å². The second kappa shape index (κ2) is 9.48. The summed E-state index contributed by atoms with van der Waals surface area (Å²) in [5.41, 5.74) is 2.83. The van der Waals surface area contributed by atoms with Crippen LogP contribution in [0.15, 0.2) is 73.1 Å². The maximum absolute atomic E-state index is 12.3. The van der Waals surface area contributed by atoms with Gasteiger partial charge in [0.05, 0.1) is 11.6 Å². The second-order valence-corrected chi connectivity index (χ2v) is 6.42. The van der Waals surface area contributed by atoms with Crippen LogP contribution in [0.25, 0.3) is 0 Å². The molecule has 0 saturated heterocycles. The van der Waals surface area contributed by atoms with E-state index in [4.69, 9.17) is 0 Å². The number of anilines is 1. The number of hydrogen-bond acceptors (Lipinski definition) is 4. The van der Waals surface area contributed by atoms with Gasteiger partial charge in [-0.15, -0.1) is 0 Å². The maximum atomic E-state index is 12.3. The van der Waals surface area contributed by atoms with Crippen LogP contribution in [0.4, 0.5) is 5.95 Å². The number of carbonyl (C=O) groups excluding carboxylic acids is 1. The molecule has 3 rings (SSSR count). The van der Waals surface area contributed by atoms with Gasteiger partial charge in [0.15, 0.2) is 0 Å². The lowest BCUT2D eigenvalue weighted by Gasteiger charge is -2.14. The molecule has 0 saturated carbocycles. The molecule has 5 nitrogen and oxygen atoms in total. The van der Waals surface area contributed by atoms with Crippen molar-refractivity contribution < 1.29 is 4.79 Å². The summed E-state index contributed by atoms with van der Waals surface area (Å²) < 4.78 is 0. The zero-order valence-electron chi connectivity index (χ0n) is 15.4. The Kier molecular flexibility index (Phi) is 6.52. The first-order valence-corrected chi connectivity index (χ1v) is 9.18. The zero-order chi connectivity index (χ0) is 18.9. The fourth-order valence-electron chi connectivity index (χ4n) is 2.78. The number of amides is 1. The maximum Gasteiger partial charge on any atom is 0.254 e. The molecule has 0 bridgehead atoms. The van der Waals surface area contributed by atoms with E-state index in [1.54, 1.807) is 12.4 Å². The molecule has 0 aliphatic carbocycles. The predicted octanol–water partition coefficient (Wildman–Crippen LogP) is 4.01. The highest BCUT2D eigenvalue weighted by Gasteiger charge is 2.12. The minimum atomic E-state index is -0.179. The standard InChI is InChI=1S/C22H24N4O/c1-17(19-12-6-3-7-13-19)26-21(27)20-15-24-22(25-16-20)23-14-8-11-18-9-4-2-5-10-18/h2-7,9-10,12-13,15-17H,8,11,14H2,1H3,(H,26,27)(H,23,24,25). The lowest BCUT2D eigenvalue weighted by atomic mass is 10.1. The Balaban J connectivity index is 1.46. The van der Waals surface area contributed by atoms with Crippen molar-refractivity contribution >= 4 is 11.9 Å². The van der Waals surface area contributed by atoms with Crippen LogP contribution in [0, 0.1) is 0 Å². The minimum absolute atomic E-state index is 0.0745. The Labute approximate surface area is 159 Å². The molecule has 2 aromatic carbocycles. The number of nitrogens with one attached hydrogen (secondary N) is 2. The molecule has 1 atom stereocenters. The van der Waals surface area contributed by atoms with Crippen LogP contribution in [0.1, 0.15) is 40.9 Å². The summed E-state index contributed by atoms with van der Waals surface area (Å²) in [6.45, 7) is 2.74. The quantitative estimate of drug-likeness (QED) is 0.596. The van der Waals surface area contributed by atoms with Gasteiger partial charge in [-0.05, 0) is 30.9 Å². The molecular formula is C22H24N4O. The first-order valence-electron chi connectivity index (χ1n) is 9.18. The molecule has 1 unspecified atom stereocenters. The average Bonchev–Trinajstić information content (AvgIpc) is 2.73. The molecule has 2 N–H and O–H groups in total. The summed E-state index contributed by atoms with van der Waals surface area (Å²) in [4.78, 5) is 20.8. The van der Waals surface area contributed by atoms with Gasteiger partial charge < -0.3 is 10.6 Å². The van der Waals surface area contributed by atoms with Crippen LogP contribution in [-0.2, 0) is 6.42 Å². The van der Waals surface area contributed by atoms with Gasteiger partial charge >= 0.3 is 0 Å². The number of rotatable bonds is 8. The van der Waals surface area contributed by atoms with Gasteiger partial charge in [-0.1, -0.05) is 60.7 Å².